The number of methoxy groups -OCH3 is 1. The number of fused-ring (bicyclic) bond motifs is 1. The summed E-state index contributed by atoms with van der Waals surface area (Å²) in [7, 11) is 1.81. The van der Waals surface area contributed by atoms with Gasteiger partial charge in [-0.2, -0.15) is 0 Å². The molecular formula is C21H28N2O2. The van der Waals surface area contributed by atoms with Gasteiger partial charge in [-0.25, -0.2) is 0 Å². The molecule has 4 heteroatoms. The van der Waals surface area contributed by atoms with Gasteiger partial charge in [0.25, 0.3) is 0 Å². The molecule has 2 aliphatic heterocycles. The Morgan fingerprint density at radius 2 is 2.00 bits per heavy atom. The number of hydrogen-bond acceptors (Lipinski definition) is 4. The summed E-state index contributed by atoms with van der Waals surface area (Å²) in [5.74, 6) is 0.548. The van der Waals surface area contributed by atoms with Crippen LogP contribution in [0.1, 0.15) is 25.0 Å². The number of ether oxygens (including phenoxy) is 2. The van der Waals surface area contributed by atoms with Gasteiger partial charge in [0.15, 0.2) is 0 Å². The molecule has 25 heavy (non-hydrogen) atoms. The van der Waals surface area contributed by atoms with E-state index >= 15 is 0 Å². The van der Waals surface area contributed by atoms with Gasteiger partial charge >= 0.3 is 0 Å². The van der Waals surface area contributed by atoms with E-state index in [9.17, 15) is 0 Å². The fourth-order valence-electron chi connectivity index (χ4n) is 4.55. The third-order valence-electron chi connectivity index (χ3n) is 6.19. The Kier molecular flexibility index (Phi) is 5.02. The van der Waals surface area contributed by atoms with E-state index in [4.69, 9.17) is 14.5 Å². The first-order valence-corrected chi connectivity index (χ1v) is 9.43. The Morgan fingerprint density at radius 3 is 2.84 bits per heavy atom. The van der Waals surface area contributed by atoms with E-state index in [-0.39, 0.29) is 0 Å². The maximum absolute atomic E-state index is 5.72. The maximum Gasteiger partial charge on any atom is 0.0705 e. The van der Waals surface area contributed by atoms with Crippen LogP contribution in [0, 0.1) is 11.3 Å². The quantitative estimate of drug-likeness (QED) is 0.853. The molecule has 1 atom stereocenters. The zero-order chi connectivity index (χ0) is 17.1. The molecule has 134 valence electrons. The molecule has 3 heterocycles. The van der Waals surface area contributed by atoms with Crippen molar-refractivity contribution in [3.8, 4) is 0 Å². The van der Waals surface area contributed by atoms with Crippen molar-refractivity contribution in [3.05, 3.63) is 42.1 Å². The van der Waals surface area contributed by atoms with Gasteiger partial charge in [-0.3, -0.25) is 9.88 Å². The highest BCUT2D eigenvalue weighted by molar-refractivity contribution is 5.78. The molecule has 0 N–H and O–H groups in total. The number of piperidine rings is 1. The molecule has 2 aromatic rings. The summed E-state index contributed by atoms with van der Waals surface area (Å²) >= 11 is 0. The van der Waals surface area contributed by atoms with Crippen LogP contribution in [-0.2, 0) is 16.0 Å². The van der Waals surface area contributed by atoms with Crippen molar-refractivity contribution in [2.75, 3.05) is 40.0 Å². The molecule has 0 aliphatic carbocycles. The Hall–Kier alpha value is -1.49. The number of rotatable bonds is 4. The molecule has 0 amide bonds. The molecule has 1 unspecified atom stereocenters. The van der Waals surface area contributed by atoms with Gasteiger partial charge in [0.1, 0.15) is 0 Å². The van der Waals surface area contributed by atoms with Gasteiger partial charge < -0.3 is 9.47 Å². The number of benzene rings is 1. The second-order valence-electron chi connectivity index (χ2n) is 7.61. The fraction of sp³-hybridized carbons (Fsp3) is 0.571. The molecule has 4 rings (SSSR count). The molecule has 0 radical (unpaired) electrons. The fourth-order valence-corrected chi connectivity index (χ4v) is 4.55. The Labute approximate surface area is 150 Å². The number of likely N-dealkylation sites (tertiary alicyclic amines) is 1. The lowest BCUT2D eigenvalue weighted by Crippen LogP contribution is -2.49. The number of pyridine rings is 1. The molecule has 1 aromatic heterocycles. The van der Waals surface area contributed by atoms with Crippen molar-refractivity contribution in [1.82, 2.24) is 9.88 Å². The Balaban J connectivity index is 1.41. The van der Waals surface area contributed by atoms with Crippen LogP contribution >= 0.6 is 0 Å². The Morgan fingerprint density at radius 1 is 1.16 bits per heavy atom. The minimum Gasteiger partial charge on any atom is -0.384 e. The van der Waals surface area contributed by atoms with Gasteiger partial charge in [0.2, 0.25) is 0 Å². The minimum absolute atomic E-state index is 0.418. The van der Waals surface area contributed by atoms with Crippen LogP contribution in [0.3, 0.4) is 0 Å². The third-order valence-corrected chi connectivity index (χ3v) is 6.19. The maximum atomic E-state index is 5.72. The first-order chi connectivity index (χ1) is 12.3. The van der Waals surface area contributed by atoms with Gasteiger partial charge in [-0.05, 0) is 49.9 Å². The summed E-state index contributed by atoms with van der Waals surface area (Å²) in [5, 5.41) is 1.22. The summed E-state index contributed by atoms with van der Waals surface area (Å²) in [6.45, 7) is 5.84. The number of para-hydroxylation sites is 1. The van der Waals surface area contributed by atoms with E-state index in [1.165, 1.54) is 30.3 Å². The first kappa shape index (κ1) is 17.0. The van der Waals surface area contributed by atoms with Crippen LogP contribution in [-0.4, -0.2) is 49.9 Å². The average molecular weight is 340 g/mol. The third kappa shape index (κ3) is 3.57. The van der Waals surface area contributed by atoms with E-state index in [0.717, 1.165) is 45.0 Å². The number of hydrogen-bond donors (Lipinski definition) is 0. The average Bonchev–Trinajstić information content (AvgIpc) is 2.66. The molecule has 2 saturated heterocycles. The Bertz CT molecular complexity index is 708. The summed E-state index contributed by atoms with van der Waals surface area (Å²) in [6, 6.07) is 12.7. The van der Waals surface area contributed by atoms with Crippen LogP contribution < -0.4 is 0 Å². The van der Waals surface area contributed by atoms with E-state index in [1.54, 1.807) is 0 Å². The van der Waals surface area contributed by atoms with Crippen molar-refractivity contribution < 1.29 is 9.47 Å². The molecule has 0 saturated carbocycles. The van der Waals surface area contributed by atoms with Crippen LogP contribution in [0.5, 0.6) is 0 Å². The highest BCUT2D eigenvalue weighted by Crippen LogP contribution is 2.44. The van der Waals surface area contributed by atoms with E-state index in [0.29, 0.717) is 11.3 Å². The normalized spacial score (nSPS) is 24.0. The van der Waals surface area contributed by atoms with Crippen molar-refractivity contribution in [3.63, 3.8) is 0 Å². The second-order valence-corrected chi connectivity index (χ2v) is 7.61. The minimum atomic E-state index is 0.418. The van der Waals surface area contributed by atoms with Gasteiger partial charge in [0.05, 0.1) is 24.4 Å². The van der Waals surface area contributed by atoms with Crippen molar-refractivity contribution in [1.29, 1.82) is 0 Å². The second kappa shape index (κ2) is 7.40. The SMILES string of the molecule is COCC1COCCC12CCN(Cc1ccc3ccccc3n1)CC2. The predicted octanol–water partition coefficient (Wildman–Crippen LogP) is 3.50. The van der Waals surface area contributed by atoms with Crippen molar-refractivity contribution in [2.24, 2.45) is 11.3 Å². The molecule has 1 spiro atoms. The van der Waals surface area contributed by atoms with Gasteiger partial charge in [-0.1, -0.05) is 24.3 Å². The van der Waals surface area contributed by atoms with E-state index < -0.39 is 0 Å². The molecule has 2 fully saturated rings. The van der Waals surface area contributed by atoms with Crippen molar-refractivity contribution in [2.45, 2.75) is 25.8 Å². The van der Waals surface area contributed by atoms with Gasteiger partial charge in [0, 0.05) is 31.6 Å². The molecule has 0 bridgehead atoms. The highest BCUT2D eigenvalue weighted by Gasteiger charge is 2.43. The van der Waals surface area contributed by atoms with Crippen LogP contribution in [0.25, 0.3) is 10.9 Å². The summed E-state index contributed by atoms with van der Waals surface area (Å²) in [4.78, 5) is 7.39. The number of nitrogens with zero attached hydrogens (tertiary/aromatic N) is 2. The monoisotopic (exact) mass is 340 g/mol. The standard InChI is InChI=1S/C21H28N2O2/c1-24-15-18-16-25-13-10-21(18)8-11-23(12-9-21)14-19-7-6-17-4-2-3-5-20(17)22-19/h2-7,18H,8-16H2,1H3. The largest absolute Gasteiger partial charge is 0.384 e. The topological polar surface area (TPSA) is 34.6 Å². The lowest BCUT2D eigenvalue weighted by Gasteiger charge is -2.48. The first-order valence-electron chi connectivity index (χ1n) is 9.43. The molecular weight excluding hydrogens is 312 g/mol. The summed E-state index contributed by atoms with van der Waals surface area (Å²) < 4.78 is 11.2. The summed E-state index contributed by atoms with van der Waals surface area (Å²) in [5.41, 5.74) is 2.69. The van der Waals surface area contributed by atoms with Crippen LogP contribution in [0.4, 0.5) is 0 Å². The zero-order valence-electron chi connectivity index (χ0n) is 15.1. The van der Waals surface area contributed by atoms with Gasteiger partial charge in [-0.15, -0.1) is 0 Å². The van der Waals surface area contributed by atoms with Crippen LogP contribution in [0.2, 0.25) is 0 Å². The van der Waals surface area contributed by atoms with E-state index in [1.807, 2.05) is 7.11 Å². The van der Waals surface area contributed by atoms with Crippen molar-refractivity contribution >= 4 is 10.9 Å². The molecule has 4 nitrogen and oxygen atoms in total. The van der Waals surface area contributed by atoms with E-state index in [2.05, 4.69) is 41.3 Å². The lowest BCUT2D eigenvalue weighted by atomic mass is 9.66. The molecule has 1 aromatic carbocycles. The predicted molar refractivity (Wildman–Crippen MR) is 99.5 cm³/mol. The lowest BCUT2D eigenvalue weighted by molar-refractivity contribution is -0.0951. The smallest absolute Gasteiger partial charge is 0.0705 e. The zero-order valence-corrected chi connectivity index (χ0v) is 15.1. The summed E-state index contributed by atoms with van der Waals surface area (Å²) in [6.07, 6.45) is 3.68. The number of aromatic nitrogens is 1. The highest BCUT2D eigenvalue weighted by atomic mass is 16.5. The van der Waals surface area contributed by atoms with Crippen LogP contribution in [0.15, 0.2) is 36.4 Å². The molecule has 2 aliphatic rings.